The molecule has 2 aromatic heterocycles. The van der Waals surface area contributed by atoms with E-state index in [1.165, 1.54) is 23.7 Å². The number of hydrogen-bond acceptors (Lipinski definition) is 6. The minimum Gasteiger partial charge on any atom is -0.364 e. The van der Waals surface area contributed by atoms with E-state index in [0.717, 1.165) is 5.69 Å². The van der Waals surface area contributed by atoms with Crippen molar-refractivity contribution in [1.82, 2.24) is 10.1 Å². The minimum atomic E-state index is -0.348. The molecule has 2 aromatic rings. The molecular weight excluding hydrogens is 228 g/mol. The highest BCUT2D eigenvalue weighted by Crippen LogP contribution is 2.19. The molecule has 0 spiro atoms. The van der Waals surface area contributed by atoms with Gasteiger partial charge in [0.25, 0.3) is 5.91 Å². The quantitative estimate of drug-likeness (QED) is 0.843. The lowest BCUT2D eigenvalue weighted by Crippen LogP contribution is -2.12. The maximum Gasteiger partial charge on any atom is 0.279 e. The van der Waals surface area contributed by atoms with E-state index in [4.69, 9.17) is 5.73 Å². The van der Waals surface area contributed by atoms with E-state index in [0.29, 0.717) is 5.13 Å². The molecule has 0 aliphatic heterocycles. The molecule has 0 saturated carbocycles. The van der Waals surface area contributed by atoms with E-state index in [2.05, 4.69) is 20.0 Å². The van der Waals surface area contributed by atoms with E-state index in [9.17, 15) is 4.79 Å². The van der Waals surface area contributed by atoms with Gasteiger partial charge in [0, 0.05) is 17.5 Å². The molecule has 0 saturated heterocycles. The predicted molar refractivity (Wildman–Crippen MR) is 59.2 cm³/mol. The third kappa shape index (κ3) is 2.26. The number of thiazole rings is 1. The predicted octanol–water partition coefficient (Wildman–Crippen LogP) is 1.40. The number of anilines is 1. The van der Waals surface area contributed by atoms with Gasteiger partial charge in [-0.15, -0.1) is 11.3 Å². The lowest BCUT2D eigenvalue weighted by atomic mass is 10.3. The molecule has 16 heavy (non-hydrogen) atoms. The van der Waals surface area contributed by atoms with Gasteiger partial charge in [-0.1, -0.05) is 5.16 Å². The Bertz CT molecular complexity index is 477. The lowest BCUT2D eigenvalue weighted by molar-refractivity contribution is 0.101. The SMILES string of the molecule is CC(N)c1csc(NC(=O)c2ccon2)n1. The molecule has 3 N–H and O–H groups in total. The molecule has 0 aliphatic rings. The minimum absolute atomic E-state index is 0.144. The van der Waals surface area contributed by atoms with E-state index < -0.39 is 0 Å². The summed E-state index contributed by atoms with van der Waals surface area (Å²) < 4.78 is 4.57. The molecule has 1 atom stereocenters. The van der Waals surface area contributed by atoms with Crippen molar-refractivity contribution in [2.75, 3.05) is 5.32 Å². The molecule has 2 rings (SSSR count). The molecule has 0 aromatic carbocycles. The van der Waals surface area contributed by atoms with Gasteiger partial charge in [0.1, 0.15) is 6.26 Å². The molecular formula is C9H10N4O2S. The van der Waals surface area contributed by atoms with Crippen LogP contribution in [0.3, 0.4) is 0 Å². The van der Waals surface area contributed by atoms with Gasteiger partial charge in [-0.05, 0) is 6.92 Å². The Balaban J connectivity index is 2.07. The van der Waals surface area contributed by atoms with Crippen molar-refractivity contribution in [3.05, 3.63) is 29.1 Å². The van der Waals surface area contributed by atoms with Crippen LogP contribution >= 0.6 is 11.3 Å². The number of nitrogens with zero attached hydrogens (tertiary/aromatic N) is 2. The van der Waals surface area contributed by atoms with Crippen LogP contribution in [0.2, 0.25) is 0 Å². The summed E-state index contributed by atoms with van der Waals surface area (Å²) in [5.41, 5.74) is 6.63. The molecule has 7 heteroatoms. The lowest BCUT2D eigenvalue weighted by Gasteiger charge is -1.98. The van der Waals surface area contributed by atoms with Crippen LogP contribution in [0.25, 0.3) is 0 Å². The second-order valence-corrected chi connectivity index (χ2v) is 4.06. The Labute approximate surface area is 95.5 Å². The van der Waals surface area contributed by atoms with Gasteiger partial charge >= 0.3 is 0 Å². The first kappa shape index (κ1) is 10.8. The Hall–Kier alpha value is -1.73. The summed E-state index contributed by atoms with van der Waals surface area (Å²) >= 11 is 1.32. The van der Waals surface area contributed by atoms with Crippen molar-refractivity contribution < 1.29 is 9.32 Å². The summed E-state index contributed by atoms with van der Waals surface area (Å²) in [4.78, 5) is 15.7. The number of carbonyl (C=O) groups excluding carboxylic acids is 1. The third-order valence-electron chi connectivity index (χ3n) is 1.88. The van der Waals surface area contributed by atoms with Crippen LogP contribution in [0.4, 0.5) is 5.13 Å². The van der Waals surface area contributed by atoms with E-state index in [1.54, 1.807) is 0 Å². The largest absolute Gasteiger partial charge is 0.364 e. The number of amides is 1. The van der Waals surface area contributed by atoms with E-state index in [1.807, 2.05) is 12.3 Å². The van der Waals surface area contributed by atoms with E-state index >= 15 is 0 Å². The van der Waals surface area contributed by atoms with Gasteiger partial charge in [0.15, 0.2) is 10.8 Å². The van der Waals surface area contributed by atoms with Crippen molar-refractivity contribution in [3.8, 4) is 0 Å². The fourth-order valence-electron chi connectivity index (χ4n) is 1.04. The third-order valence-corrected chi connectivity index (χ3v) is 2.66. The van der Waals surface area contributed by atoms with Crippen molar-refractivity contribution in [2.24, 2.45) is 5.73 Å². The summed E-state index contributed by atoms with van der Waals surface area (Å²) in [6.45, 7) is 1.83. The smallest absolute Gasteiger partial charge is 0.279 e. The standard InChI is InChI=1S/C9H10N4O2S/c1-5(10)7-4-16-9(11-7)12-8(14)6-2-3-15-13-6/h2-5H,10H2,1H3,(H,11,12,14). The van der Waals surface area contributed by atoms with Gasteiger partial charge in [0.2, 0.25) is 0 Å². The van der Waals surface area contributed by atoms with Gasteiger partial charge < -0.3 is 10.3 Å². The molecule has 0 bridgehead atoms. The van der Waals surface area contributed by atoms with Gasteiger partial charge in [-0.25, -0.2) is 4.98 Å². The average molecular weight is 238 g/mol. The van der Waals surface area contributed by atoms with Crippen molar-refractivity contribution in [2.45, 2.75) is 13.0 Å². The Morgan fingerprint density at radius 2 is 2.50 bits per heavy atom. The van der Waals surface area contributed by atoms with Crippen molar-refractivity contribution >= 4 is 22.4 Å². The van der Waals surface area contributed by atoms with Crippen LogP contribution < -0.4 is 11.1 Å². The van der Waals surface area contributed by atoms with Crippen molar-refractivity contribution in [1.29, 1.82) is 0 Å². The average Bonchev–Trinajstić information content (AvgIpc) is 2.87. The highest BCUT2D eigenvalue weighted by atomic mass is 32.1. The Morgan fingerprint density at radius 1 is 1.69 bits per heavy atom. The second-order valence-electron chi connectivity index (χ2n) is 3.21. The number of rotatable bonds is 3. The number of nitrogens with two attached hydrogens (primary N) is 1. The molecule has 84 valence electrons. The molecule has 2 heterocycles. The zero-order valence-electron chi connectivity index (χ0n) is 8.51. The monoisotopic (exact) mass is 238 g/mol. The van der Waals surface area contributed by atoms with Crippen LogP contribution in [0.15, 0.2) is 22.2 Å². The zero-order chi connectivity index (χ0) is 11.5. The Morgan fingerprint density at radius 3 is 3.06 bits per heavy atom. The first-order chi connectivity index (χ1) is 7.66. The zero-order valence-corrected chi connectivity index (χ0v) is 9.32. The summed E-state index contributed by atoms with van der Waals surface area (Å²) in [5, 5.41) is 8.44. The van der Waals surface area contributed by atoms with Gasteiger partial charge in [-0.3, -0.25) is 10.1 Å². The van der Waals surface area contributed by atoms with Crippen LogP contribution in [0.5, 0.6) is 0 Å². The fourth-order valence-corrected chi connectivity index (χ4v) is 1.85. The topological polar surface area (TPSA) is 94.0 Å². The van der Waals surface area contributed by atoms with Crippen molar-refractivity contribution in [3.63, 3.8) is 0 Å². The van der Waals surface area contributed by atoms with Gasteiger partial charge in [0.05, 0.1) is 5.69 Å². The summed E-state index contributed by atoms with van der Waals surface area (Å²) in [7, 11) is 0. The summed E-state index contributed by atoms with van der Waals surface area (Å²) in [6.07, 6.45) is 1.34. The van der Waals surface area contributed by atoms with E-state index in [-0.39, 0.29) is 17.6 Å². The maximum atomic E-state index is 11.6. The molecule has 1 amide bonds. The first-order valence-corrected chi connectivity index (χ1v) is 5.47. The normalized spacial score (nSPS) is 12.4. The first-order valence-electron chi connectivity index (χ1n) is 4.59. The molecule has 0 fully saturated rings. The van der Waals surface area contributed by atoms with Gasteiger partial charge in [-0.2, -0.15) is 0 Å². The molecule has 0 aliphatic carbocycles. The second kappa shape index (κ2) is 4.42. The summed E-state index contributed by atoms with van der Waals surface area (Å²) in [6, 6.07) is 1.34. The highest BCUT2D eigenvalue weighted by Gasteiger charge is 2.12. The molecule has 1 unspecified atom stereocenters. The van der Waals surface area contributed by atoms with Crippen LogP contribution in [-0.4, -0.2) is 16.0 Å². The number of hydrogen-bond donors (Lipinski definition) is 2. The van der Waals surface area contributed by atoms with Crippen LogP contribution in [0.1, 0.15) is 29.1 Å². The van der Waals surface area contributed by atoms with Crippen LogP contribution in [0, 0.1) is 0 Å². The Kier molecular flexibility index (Phi) is 2.97. The summed E-state index contributed by atoms with van der Waals surface area (Å²) in [5.74, 6) is -0.348. The van der Waals surface area contributed by atoms with Crippen LogP contribution in [-0.2, 0) is 0 Å². The maximum absolute atomic E-state index is 11.6. The number of aromatic nitrogens is 2. The molecule has 0 radical (unpaired) electrons. The number of nitrogens with one attached hydrogen (secondary N) is 1. The fraction of sp³-hybridized carbons (Fsp3) is 0.222. The number of carbonyl (C=O) groups is 1. The highest BCUT2D eigenvalue weighted by molar-refractivity contribution is 7.14. The molecule has 6 nitrogen and oxygen atoms in total.